The van der Waals surface area contributed by atoms with Gasteiger partial charge in [0, 0.05) is 18.8 Å². The first-order valence-corrected chi connectivity index (χ1v) is 7.09. The van der Waals surface area contributed by atoms with Crippen LogP contribution in [-0.2, 0) is 10.3 Å². The second-order valence-corrected chi connectivity index (χ2v) is 5.33. The Morgan fingerprint density at radius 1 is 1.42 bits per heavy atom. The minimum absolute atomic E-state index is 0.00240. The van der Waals surface area contributed by atoms with E-state index >= 15 is 0 Å². The number of carbonyl (C=O) groups is 1. The molecule has 8 nitrogen and oxygen atoms in total. The lowest BCUT2D eigenvalue weighted by molar-refractivity contribution is -0.384. The van der Waals surface area contributed by atoms with E-state index in [1.165, 1.54) is 13.3 Å². The molecule has 0 aliphatic rings. The normalized spacial score (nSPS) is 13.0. The summed E-state index contributed by atoms with van der Waals surface area (Å²) < 4.78 is 4.52. The van der Waals surface area contributed by atoms with Crippen LogP contribution in [0.1, 0.15) is 22.8 Å². The van der Waals surface area contributed by atoms with E-state index in [1.807, 2.05) is 6.07 Å². The average molecular weight is 331 g/mol. The first kappa shape index (κ1) is 17.4. The third-order valence-corrected chi connectivity index (χ3v) is 3.48. The van der Waals surface area contributed by atoms with Gasteiger partial charge in [-0.15, -0.1) is 0 Å². The predicted molar refractivity (Wildman–Crippen MR) is 86.7 cm³/mol. The van der Waals surface area contributed by atoms with Gasteiger partial charge >= 0.3 is 11.7 Å². The fourth-order valence-corrected chi connectivity index (χ4v) is 2.11. The van der Waals surface area contributed by atoms with Crippen molar-refractivity contribution in [2.75, 3.05) is 19.0 Å². The highest BCUT2D eigenvalue weighted by Gasteiger charge is 2.25. The van der Waals surface area contributed by atoms with E-state index in [1.54, 1.807) is 31.2 Å². The van der Waals surface area contributed by atoms with Crippen LogP contribution < -0.4 is 5.32 Å². The highest BCUT2D eigenvalue weighted by Crippen LogP contribution is 2.26. The molecule has 0 aliphatic heterocycles. The first-order chi connectivity index (χ1) is 11.3. The van der Waals surface area contributed by atoms with Crippen molar-refractivity contribution < 1.29 is 19.6 Å². The molecule has 2 rings (SSSR count). The van der Waals surface area contributed by atoms with Gasteiger partial charge in [0.05, 0.1) is 17.6 Å². The molecule has 8 heteroatoms. The number of esters is 1. The largest absolute Gasteiger partial charge is 0.465 e. The highest BCUT2D eigenvalue weighted by atomic mass is 16.6. The summed E-state index contributed by atoms with van der Waals surface area (Å²) in [7, 11) is 1.18. The Morgan fingerprint density at radius 2 is 2.08 bits per heavy atom. The van der Waals surface area contributed by atoms with Gasteiger partial charge in [0.15, 0.2) is 0 Å². The van der Waals surface area contributed by atoms with E-state index in [2.05, 4.69) is 15.0 Å². The summed E-state index contributed by atoms with van der Waals surface area (Å²) in [6.07, 6.45) is 1.18. The Hall–Kier alpha value is -3.00. The average Bonchev–Trinajstić information content (AvgIpc) is 2.59. The Kier molecular flexibility index (Phi) is 5.10. The maximum atomic E-state index is 11.5. The Bertz CT molecular complexity index is 747. The summed E-state index contributed by atoms with van der Waals surface area (Å²) in [6.45, 7) is 1.59. The van der Waals surface area contributed by atoms with Crippen LogP contribution in [-0.4, -0.2) is 34.6 Å². The number of aromatic nitrogens is 1. The molecule has 1 heterocycles. The Labute approximate surface area is 138 Å². The van der Waals surface area contributed by atoms with Crippen molar-refractivity contribution in [3.63, 3.8) is 0 Å². The van der Waals surface area contributed by atoms with E-state index < -0.39 is 16.5 Å². The third kappa shape index (κ3) is 3.85. The molecule has 1 aromatic heterocycles. The predicted octanol–water partition coefficient (Wildman–Crippen LogP) is 2.10. The van der Waals surface area contributed by atoms with Gasteiger partial charge in [-0.05, 0) is 12.5 Å². The van der Waals surface area contributed by atoms with Crippen molar-refractivity contribution in [2.45, 2.75) is 12.5 Å². The third-order valence-electron chi connectivity index (χ3n) is 3.48. The molecule has 0 saturated heterocycles. The Morgan fingerprint density at radius 3 is 2.67 bits per heavy atom. The van der Waals surface area contributed by atoms with Crippen LogP contribution in [0.4, 0.5) is 11.5 Å². The second kappa shape index (κ2) is 7.05. The number of methoxy groups -OCH3 is 1. The minimum Gasteiger partial charge on any atom is -0.465 e. The van der Waals surface area contributed by atoms with Gasteiger partial charge in [0.2, 0.25) is 5.82 Å². The summed E-state index contributed by atoms with van der Waals surface area (Å²) in [5.41, 5.74) is -0.990. The van der Waals surface area contributed by atoms with Crippen molar-refractivity contribution in [1.82, 2.24) is 4.98 Å². The van der Waals surface area contributed by atoms with Crippen molar-refractivity contribution in [3.8, 4) is 0 Å². The fraction of sp³-hybridized carbons (Fsp3) is 0.250. The zero-order valence-electron chi connectivity index (χ0n) is 13.2. The quantitative estimate of drug-likeness (QED) is 0.473. The number of anilines is 1. The number of carbonyl (C=O) groups excluding carboxylic acids is 1. The van der Waals surface area contributed by atoms with Gasteiger partial charge < -0.3 is 15.2 Å². The summed E-state index contributed by atoms with van der Waals surface area (Å²) in [4.78, 5) is 25.9. The summed E-state index contributed by atoms with van der Waals surface area (Å²) in [5.74, 6) is -0.753. The van der Waals surface area contributed by atoms with Crippen LogP contribution in [0, 0.1) is 10.1 Å². The Balaban J connectivity index is 2.23. The smallest absolute Gasteiger partial charge is 0.339 e. The lowest BCUT2D eigenvalue weighted by atomic mass is 9.96. The minimum atomic E-state index is -1.25. The molecule has 2 N–H and O–H groups in total. The van der Waals surface area contributed by atoms with E-state index in [9.17, 15) is 20.0 Å². The number of aliphatic hydroxyl groups is 1. The summed E-state index contributed by atoms with van der Waals surface area (Å²) >= 11 is 0. The van der Waals surface area contributed by atoms with Crippen LogP contribution in [0.25, 0.3) is 0 Å². The van der Waals surface area contributed by atoms with E-state index in [0.717, 1.165) is 6.07 Å². The van der Waals surface area contributed by atoms with Crippen LogP contribution in [0.5, 0.6) is 0 Å². The number of nitrogens with zero attached hydrogens (tertiary/aromatic N) is 2. The molecule has 1 atom stereocenters. The van der Waals surface area contributed by atoms with E-state index in [0.29, 0.717) is 5.56 Å². The van der Waals surface area contributed by atoms with Gasteiger partial charge in [0.1, 0.15) is 5.60 Å². The zero-order chi connectivity index (χ0) is 17.7. The molecule has 0 bridgehead atoms. The number of nitrogens with one attached hydrogen (secondary N) is 1. The molecule has 0 fully saturated rings. The first-order valence-electron chi connectivity index (χ1n) is 7.09. The molecule has 0 spiro atoms. The number of hydrogen-bond donors (Lipinski definition) is 2. The zero-order valence-corrected chi connectivity index (χ0v) is 13.2. The highest BCUT2D eigenvalue weighted by molar-refractivity contribution is 5.90. The monoisotopic (exact) mass is 331 g/mol. The lowest BCUT2D eigenvalue weighted by Crippen LogP contribution is -2.31. The topological polar surface area (TPSA) is 115 Å². The lowest BCUT2D eigenvalue weighted by Gasteiger charge is -2.24. The van der Waals surface area contributed by atoms with Crippen molar-refractivity contribution in [3.05, 3.63) is 63.8 Å². The maximum Gasteiger partial charge on any atom is 0.339 e. The van der Waals surface area contributed by atoms with Crippen LogP contribution in [0.2, 0.25) is 0 Å². The van der Waals surface area contributed by atoms with Crippen molar-refractivity contribution in [2.24, 2.45) is 0 Å². The molecule has 2 aromatic rings. The molecular weight excluding hydrogens is 314 g/mol. The van der Waals surface area contributed by atoms with Crippen molar-refractivity contribution >= 4 is 17.5 Å². The maximum absolute atomic E-state index is 11.5. The van der Waals surface area contributed by atoms with Gasteiger partial charge in [-0.25, -0.2) is 9.78 Å². The fourth-order valence-electron chi connectivity index (χ4n) is 2.11. The molecule has 1 aromatic carbocycles. The van der Waals surface area contributed by atoms with Gasteiger partial charge in [-0.3, -0.25) is 10.1 Å². The number of rotatable bonds is 6. The van der Waals surface area contributed by atoms with Crippen LogP contribution in [0.3, 0.4) is 0 Å². The standard InChI is InChI=1S/C16H17N3O5/c1-16(21,12-6-4-3-5-7-12)10-18-14-13(19(22)23)8-11(9-17-14)15(20)24-2/h3-9,21H,10H2,1-2H3,(H,17,18). The molecule has 1 unspecified atom stereocenters. The summed E-state index contributed by atoms with van der Waals surface area (Å²) in [5, 5.41) is 24.5. The number of hydrogen-bond acceptors (Lipinski definition) is 7. The second-order valence-electron chi connectivity index (χ2n) is 5.33. The number of benzene rings is 1. The molecule has 0 amide bonds. The molecule has 126 valence electrons. The van der Waals surface area contributed by atoms with Gasteiger partial charge in [0.25, 0.3) is 0 Å². The molecule has 0 aliphatic carbocycles. The number of ether oxygens (including phenoxy) is 1. The van der Waals surface area contributed by atoms with Crippen LogP contribution >= 0.6 is 0 Å². The molecular formula is C16H17N3O5. The molecule has 24 heavy (non-hydrogen) atoms. The van der Waals surface area contributed by atoms with Gasteiger partial charge in [-0.2, -0.15) is 0 Å². The van der Waals surface area contributed by atoms with Crippen LogP contribution in [0.15, 0.2) is 42.6 Å². The SMILES string of the molecule is COC(=O)c1cnc(NCC(C)(O)c2ccccc2)c([N+](=O)[O-])c1. The molecule has 0 saturated carbocycles. The number of nitro groups is 1. The molecule has 0 radical (unpaired) electrons. The van der Waals surface area contributed by atoms with E-state index in [4.69, 9.17) is 0 Å². The summed E-state index contributed by atoms with van der Waals surface area (Å²) in [6, 6.07) is 9.99. The van der Waals surface area contributed by atoms with Crippen molar-refractivity contribution in [1.29, 1.82) is 0 Å². The van der Waals surface area contributed by atoms with Gasteiger partial charge in [-0.1, -0.05) is 30.3 Å². The number of pyridine rings is 1. The van der Waals surface area contributed by atoms with E-state index in [-0.39, 0.29) is 23.6 Å².